The van der Waals surface area contributed by atoms with Crippen LogP contribution in [-0.4, -0.2) is 19.8 Å². The highest BCUT2D eigenvalue weighted by atomic mass is 16.5. The number of rotatable bonds is 6. The summed E-state index contributed by atoms with van der Waals surface area (Å²) < 4.78 is 5.43. The van der Waals surface area contributed by atoms with Gasteiger partial charge < -0.3 is 10.5 Å². The van der Waals surface area contributed by atoms with Gasteiger partial charge in [-0.05, 0) is 44.6 Å². The molecule has 0 heterocycles. The van der Waals surface area contributed by atoms with E-state index in [4.69, 9.17) is 10.5 Å². The van der Waals surface area contributed by atoms with Crippen LogP contribution < -0.4 is 5.73 Å². The Hall–Kier alpha value is -0.0800. The van der Waals surface area contributed by atoms with Crippen molar-refractivity contribution in [3.63, 3.8) is 0 Å². The highest BCUT2D eigenvalue weighted by molar-refractivity contribution is 4.81. The largest absolute Gasteiger partial charge is 0.382 e. The molecule has 1 aliphatic carbocycles. The van der Waals surface area contributed by atoms with Gasteiger partial charge in [0.2, 0.25) is 0 Å². The Balaban J connectivity index is 2.33. The summed E-state index contributed by atoms with van der Waals surface area (Å²) in [6.07, 6.45) is 12.2. The van der Waals surface area contributed by atoms with Crippen molar-refractivity contribution in [1.82, 2.24) is 0 Å². The maximum absolute atomic E-state index is 6.03. The molecule has 0 saturated heterocycles. The molecule has 1 aliphatic rings. The second-order valence-corrected chi connectivity index (χ2v) is 5.27. The van der Waals surface area contributed by atoms with Crippen molar-refractivity contribution in [3.05, 3.63) is 0 Å². The van der Waals surface area contributed by atoms with Crippen LogP contribution in [-0.2, 0) is 4.74 Å². The maximum atomic E-state index is 6.03. The predicted molar refractivity (Wildman–Crippen MR) is 69.5 cm³/mol. The fourth-order valence-corrected chi connectivity index (χ4v) is 2.91. The summed E-state index contributed by atoms with van der Waals surface area (Å²) in [7, 11) is 0. The molecule has 0 radical (unpaired) electrons. The standard InChI is InChI=1S/C14H29NO/c1-2-16-12-8-11-14(13-15)9-6-4-3-5-7-10-14/h2-13,15H2,1H3. The van der Waals surface area contributed by atoms with E-state index in [1.54, 1.807) is 0 Å². The van der Waals surface area contributed by atoms with Crippen LogP contribution in [0, 0.1) is 5.41 Å². The van der Waals surface area contributed by atoms with E-state index in [0.717, 1.165) is 19.8 Å². The summed E-state index contributed by atoms with van der Waals surface area (Å²) in [5.74, 6) is 0. The first-order valence-corrected chi connectivity index (χ1v) is 7.11. The summed E-state index contributed by atoms with van der Waals surface area (Å²) >= 11 is 0. The fourth-order valence-electron chi connectivity index (χ4n) is 2.91. The molecule has 96 valence electrons. The smallest absolute Gasteiger partial charge is 0.0466 e. The average molecular weight is 227 g/mol. The van der Waals surface area contributed by atoms with Gasteiger partial charge in [-0.1, -0.05) is 32.1 Å². The summed E-state index contributed by atoms with van der Waals surface area (Å²) in [6.45, 7) is 4.70. The third-order valence-corrected chi connectivity index (χ3v) is 4.05. The zero-order valence-corrected chi connectivity index (χ0v) is 11.0. The van der Waals surface area contributed by atoms with E-state index in [1.165, 1.54) is 57.8 Å². The van der Waals surface area contributed by atoms with E-state index in [9.17, 15) is 0 Å². The summed E-state index contributed by atoms with van der Waals surface area (Å²) in [5, 5.41) is 0. The molecule has 1 rings (SSSR count). The lowest BCUT2D eigenvalue weighted by molar-refractivity contribution is 0.119. The lowest BCUT2D eigenvalue weighted by Gasteiger charge is -2.34. The number of hydrogen-bond acceptors (Lipinski definition) is 2. The third kappa shape index (κ3) is 4.84. The molecule has 0 bridgehead atoms. The van der Waals surface area contributed by atoms with Crippen molar-refractivity contribution < 1.29 is 4.74 Å². The Kier molecular flexibility index (Phi) is 7.06. The first-order valence-electron chi connectivity index (χ1n) is 7.11. The minimum Gasteiger partial charge on any atom is -0.382 e. The van der Waals surface area contributed by atoms with Crippen LogP contribution >= 0.6 is 0 Å². The molecule has 2 N–H and O–H groups in total. The first kappa shape index (κ1) is 14.0. The molecule has 0 amide bonds. The predicted octanol–water partition coefficient (Wildman–Crippen LogP) is 3.49. The molecule has 0 atom stereocenters. The molecule has 2 nitrogen and oxygen atoms in total. The maximum Gasteiger partial charge on any atom is 0.0466 e. The highest BCUT2D eigenvalue weighted by Gasteiger charge is 2.27. The van der Waals surface area contributed by atoms with Crippen molar-refractivity contribution in [2.75, 3.05) is 19.8 Å². The van der Waals surface area contributed by atoms with Gasteiger partial charge in [-0.25, -0.2) is 0 Å². The lowest BCUT2D eigenvalue weighted by Crippen LogP contribution is -2.31. The molecule has 0 unspecified atom stereocenters. The Morgan fingerprint density at radius 2 is 1.69 bits per heavy atom. The van der Waals surface area contributed by atoms with Gasteiger partial charge in [0.25, 0.3) is 0 Å². The molecule has 0 spiro atoms. The molecule has 1 saturated carbocycles. The van der Waals surface area contributed by atoms with E-state index < -0.39 is 0 Å². The number of ether oxygens (including phenoxy) is 1. The van der Waals surface area contributed by atoms with Gasteiger partial charge in [-0.2, -0.15) is 0 Å². The van der Waals surface area contributed by atoms with Crippen LogP contribution in [0.4, 0.5) is 0 Å². The molecule has 0 aromatic heterocycles. The second-order valence-electron chi connectivity index (χ2n) is 5.27. The normalized spacial score (nSPS) is 21.4. The van der Waals surface area contributed by atoms with E-state index in [2.05, 4.69) is 6.92 Å². The quantitative estimate of drug-likeness (QED) is 0.705. The minimum atomic E-state index is 0.442. The van der Waals surface area contributed by atoms with Gasteiger partial charge in [0.05, 0.1) is 0 Å². The molecule has 16 heavy (non-hydrogen) atoms. The lowest BCUT2D eigenvalue weighted by atomic mass is 9.73. The zero-order valence-electron chi connectivity index (χ0n) is 11.0. The van der Waals surface area contributed by atoms with Gasteiger partial charge >= 0.3 is 0 Å². The zero-order chi connectivity index (χ0) is 11.7. The highest BCUT2D eigenvalue weighted by Crippen LogP contribution is 2.37. The summed E-state index contributed by atoms with van der Waals surface area (Å²) in [5.41, 5.74) is 6.47. The molecular formula is C14H29NO. The van der Waals surface area contributed by atoms with E-state index in [1.807, 2.05) is 0 Å². The Bertz CT molecular complexity index is 162. The van der Waals surface area contributed by atoms with Crippen molar-refractivity contribution in [1.29, 1.82) is 0 Å². The minimum absolute atomic E-state index is 0.442. The van der Waals surface area contributed by atoms with Crippen LogP contribution in [0.3, 0.4) is 0 Å². The Labute approximate surface area is 101 Å². The second kappa shape index (κ2) is 8.08. The number of nitrogens with two attached hydrogens (primary N) is 1. The van der Waals surface area contributed by atoms with E-state index in [0.29, 0.717) is 5.41 Å². The van der Waals surface area contributed by atoms with Crippen molar-refractivity contribution >= 4 is 0 Å². The van der Waals surface area contributed by atoms with E-state index >= 15 is 0 Å². The number of hydrogen-bond donors (Lipinski definition) is 1. The monoisotopic (exact) mass is 227 g/mol. The molecule has 2 heteroatoms. The molecular weight excluding hydrogens is 198 g/mol. The van der Waals surface area contributed by atoms with Gasteiger partial charge in [0, 0.05) is 13.2 Å². The molecule has 0 aromatic rings. The van der Waals surface area contributed by atoms with E-state index in [-0.39, 0.29) is 0 Å². The van der Waals surface area contributed by atoms with Crippen LogP contribution in [0.15, 0.2) is 0 Å². The van der Waals surface area contributed by atoms with Gasteiger partial charge in [0.1, 0.15) is 0 Å². The van der Waals surface area contributed by atoms with Gasteiger partial charge in [-0.15, -0.1) is 0 Å². The fraction of sp³-hybridized carbons (Fsp3) is 1.00. The topological polar surface area (TPSA) is 35.2 Å². The summed E-state index contributed by atoms with van der Waals surface area (Å²) in [4.78, 5) is 0. The van der Waals surface area contributed by atoms with Crippen molar-refractivity contribution in [2.45, 2.75) is 64.7 Å². The van der Waals surface area contributed by atoms with Crippen LogP contribution in [0.2, 0.25) is 0 Å². The molecule has 1 fully saturated rings. The van der Waals surface area contributed by atoms with Crippen molar-refractivity contribution in [3.8, 4) is 0 Å². The van der Waals surface area contributed by atoms with Crippen LogP contribution in [0.1, 0.15) is 64.7 Å². The van der Waals surface area contributed by atoms with Gasteiger partial charge in [0.15, 0.2) is 0 Å². The first-order chi connectivity index (χ1) is 7.83. The average Bonchev–Trinajstić information content (AvgIpc) is 2.27. The van der Waals surface area contributed by atoms with Crippen LogP contribution in [0.5, 0.6) is 0 Å². The van der Waals surface area contributed by atoms with Crippen LogP contribution in [0.25, 0.3) is 0 Å². The molecule has 0 aliphatic heterocycles. The summed E-state index contributed by atoms with van der Waals surface area (Å²) in [6, 6.07) is 0. The third-order valence-electron chi connectivity index (χ3n) is 4.05. The molecule has 0 aromatic carbocycles. The van der Waals surface area contributed by atoms with Crippen molar-refractivity contribution in [2.24, 2.45) is 11.1 Å². The Morgan fingerprint density at radius 3 is 2.25 bits per heavy atom. The Morgan fingerprint density at radius 1 is 1.06 bits per heavy atom. The van der Waals surface area contributed by atoms with Gasteiger partial charge in [-0.3, -0.25) is 0 Å². The SMILES string of the molecule is CCOCCCC1(CN)CCCCCCC1.